The van der Waals surface area contributed by atoms with E-state index in [2.05, 4.69) is 5.32 Å². The van der Waals surface area contributed by atoms with Crippen LogP contribution in [-0.4, -0.2) is 5.78 Å². The molecule has 1 aromatic carbocycles. The van der Waals surface area contributed by atoms with Gasteiger partial charge in [-0.1, -0.05) is 0 Å². The van der Waals surface area contributed by atoms with Crippen molar-refractivity contribution in [2.24, 2.45) is 0 Å². The van der Waals surface area contributed by atoms with Crippen molar-refractivity contribution in [1.29, 1.82) is 0 Å². The first-order chi connectivity index (χ1) is 7.15. The van der Waals surface area contributed by atoms with Gasteiger partial charge >= 0.3 is 0 Å². The van der Waals surface area contributed by atoms with Gasteiger partial charge in [0.05, 0.1) is 6.04 Å². The summed E-state index contributed by atoms with van der Waals surface area (Å²) in [7, 11) is 0. The van der Waals surface area contributed by atoms with Gasteiger partial charge in [0.25, 0.3) is 0 Å². The molecule has 78 valence electrons. The highest BCUT2D eigenvalue weighted by atomic mass is 19.1. The van der Waals surface area contributed by atoms with Crippen LogP contribution in [0.3, 0.4) is 0 Å². The topological polar surface area (TPSA) is 29.1 Å². The van der Waals surface area contributed by atoms with E-state index in [0.717, 1.165) is 6.07 Å². The van der Waals surface area contributed by atoms with Crippen LogP contribution in [0.4, 0.5) is 8.78 Å². The first-order valence-corrected chi connectivity index (χ1v) is 4.56. The van der Waals surface area contributed by atoms with E-state index in [1.807, 2.05) is 0 Å². The first-order valence-electron chi connectivity index (χ1n) is 4.56. The minimum Gasteiger partial charge on any atom is -0.384 e. The molecule has 0 amide bonds. The van der Waals surface area contributed by atoms with Gasteiger partial charge in [0.2, 0.25) is 0 Å². The summed E-state index contributed by atoms with van der Waals surface area (Å²) in [5.41, 5.74) is 0.449. The van der Waals surface area contributed by atoms with Crippen molar-refractivity contribution in [3.05, 3.63) is 47.7 Å². The lowest BCUT2D eigenvalue weighted by Crippen LogP contribution is -2.23. The van der Waals surface area contributed by atoms with Crippen molar-refractivity contribution < 1.29 is 13.6 Å². The molecular weight excluding hydrogens is 200 g/mol. The predicted molar refractivity (Wildman–Crippen MR) is 51.0 cm³/mol. The van der Waals surface area contributed by atoms with Crippen molar-refractivity contribution >= 4 is 5.78 Å². The van der Waals surface area contributed by atoms with E-state index in [1.165, 1.54) is 24.4 Å². The largest absolute Gasteiger partial charge is 0.384 e. The zero-order chi connectivity index (χ0) is 10.8. The second kappa shape index (κ2) is 3.81. The number of allylic oxidation sites excluding steroid dienone is 1. The van der Waals surface area contributed by atoms with Crippen molar-refractivity contribution in [1.82, 2.24) is 5.32 Å². The number of halogens is 2. The molecule has 0 fully saturated rings. The molecule has 2 rings (SSSR count). The maximum atomic E-state index is 12.9. The van der Waals surface area contributed by atoms with Gasteiger partial charge in [-0.05, 0) is 23.8 Å². The van der Waals surface area contributed by atoms with E-state index < -0.39 is 11.6 Å². The Balaban J connectivity index is 2.29. The van der Waals surface area contributed by atoms with Gasteiger partial charge in [-0.25, -0.2) is 8.78 Å². The van der Waals surface area contributed by atoms with Crippen molar-refractivity contribution in [2.45, 2.75) is 12.5 Å². The molecule has 0 spiro atoms. The van der Waals surface area contributed by atoms with Crippen LogP contribution in [0, 0.1) is 11.6 Å². The van der Waals surface area contributed by atoms with E-state index in [9.17, 15) is 13.6 Å². The van der Waals surface area contributed by atoms with Gasteiger partial charge in [-0.3, -0.25) is 4.79 Å². The quantitative estimate of drug-likeness (QED) is 0.767. The molecule has 0 saturated carbocycles. The van der Waals surface area contributed by atoms with E-state index in [1.54, 1.807) is 0 Å². The van der Waals surface area contributed by atoms with Crippen molar-refractivity contribution in [3.63, 3.8) is 0 Å². The van der Waals surface area contributed by atoms with E-state index in [0.29, 0.717) is 5.56 Å². The molecule has 0 saturated heterocycles. The predicted octanol–water partition coefficient (Wildman–Crippen LogP) is 2.08. The highest BCUT2D eigenvalue weighted by Gasteiger charge is 2.17. The number of carbonyl (C=O) groups is 1. The Hall–Kier alpha value is -1.71. The molecule has 15 heavy (non-hydrogen) atoms. The van der Waals surface area contributed by atoms with Crippen LogP contribution in [0.5, 0.6) is 0 Å². The number of rotatable bonds is 1. The summed E-state index contributed by atoms with van der Waals surface area (Å²) in [6, 6.07) is 2.93. The fourth-order valence-corrected chi connectivity index (χ4v) is 1.58. The summed E-state index contributed by atoms with van der Waals surface area (Å²) in [6.07, 6.45) is 3.13. The maximum absolute atomic E-state index is 12.9. The number of benzene rings is 1. The molecule has 0 aliphatic carbocycles. The van der Waals surface area contributed by atoms with Gasteiger partial charge in [0, 0.05) is 18.7 Å². The minimum atomic E-state index is -0.631. The number of nitrogens with one attached hydrogen (secondary N) is 1. The third kappa shape index (κ3) is 2.21. The molecule has 1 unspecified atom stereocenters. The molecule has 1 N–H and O–H groups in total. The van der Waals surface area contributed by atoms with Crippen LogP contribution in [0.25, 0.3) is 0 Å². The average molecular weight is 209 g/mol. The fraction of sp³-hybridized carbons (Fsp3) is 0.182. The van der Waals surface area contributed by atoms with Crippen LogP contribution in [0.15, 0.2) is 30.5 Å². The van der Waals surface area contributed by atoms with Crippen LogP contribution in [0.2, 0.25) is 0 Å². The minimum absolute atomic E-state index is 0.0524. The summed E-state index contributed by atoms with van der Waals surface area (Å²) in [6.45, 7) is 0. The molecule has 0 radical (unpaired) electrons. The average Bonchev–Trinajstić information content (AvgIpc) is 2.16. The smallest absolute Gasteiger partial charge is 0.159 e. The van der Waals surface area contributed by atoms with Crippen molar-refractivity contribution in [3.8, 4) is 0 Å². The molecule has 1 aliphatic rings. The lowest BCUT2D eigenvalue weighted by atomic mass is 9.99. The van der Waals surface area contributed by atoms with E-state index in [-0.39, 0.29) is 18.2 Å². The standard InChI is InChI=1S/C11H9F2NO/c12-8-3-7(4-9(13)5-8)11-6-10(15)1-2-14-11/h1-5,11,14H,6H2. The second-order valence-electron chi connectivity index (χ2n) is 3.43. The van der Waals surface area contributed by atoms with Crippen molar-refractivity contribution in [2.75, 3.05) is 0 Å². The Bertz CT molecular complexity index is 408. The Morgan fingerprint density at radius 3 is 2.47 bits per heavy atom. The SMILES string of the molecule is O=C1C=CNC(c2cc(F)cc(F)c2)C1. The highest BCUT2D eigenvalue weighted by molar-refractivity contribution is 5.90. The summed E-state index contributed by atoms with van der Waals surface area (Å²) < 4.78 is 25.8. The monoisotopic (exact) mass is 209 g/mol. The van der Waals surface area contributed by atoms with Crippen LogP contribution < -0.4 is 5.32 Å². The summed E-state index contributed by atoms with van der Waals surface area (Å²) in [5, 5.41) is 2.89. The molecular formula is C11H9F2NO. The van der Waals surface area contributed by atoms with Crippen LogP contribution >= 0.6 is 0 Å². The lowest BCUT2D eigenvalue weighted by molar-refractivity contribution is -0.115. The number of carbonyl (C=O) groups excluding carboxylic acids is 1. The zero-order valence-electron chi connectivity index (χ0n) is 7.84. The molecule has 1 aliphatic heterocycles. The Kier molecular flexibility index (Phi) is 2.49. The first kappa shape index (κ1) is 9.83. The summed E-state index contributed by atoms with van der Waals surface area (Å²) in [5.74, 6) is -1.31. The van der Waals surface area contributed by atoms with Gasteiger partial charge in [0.15, 0.2) is 5.78 Å². The summed E-state index contributed by atoms with van der Waals surface area (Å²) in [4.78, 5) is 11.1. The van der Waals surface area contributed by atoms with Gasteiger partial charge in [-0.2, -0.15) is 0 Å². The second-order valence-corrected chi connectivity index (χ2v) is 3.43. The zero-order valence-corrected chi connectivity index (χ0v) is 7.84. The van der Waals surface area contributed by atoms with Gasteiger partial charge in [0.1, 0.15) is 11.6 Å². The van der Waals surface area contributed by atoms with Gasteiger partial charge < -0.3 is 5.32 Å². The van der Waals surface area contributed by atoms with Gasteiger partial charge in [-0.15, -0.1) is 0 Å². The fourth-order valence-electron chi connectivity index (χ4n) is 1.58. The number of hydrogen-bond acceptors (Lipinski definition) is 2. The molecule has 4 heteroatoms. The maximum Gasteiger partial charge on any atom is 0.159 e. The number of hydrogen-bond donors (Lipinski definition) is 1. The third-order valence-electron chi connectivity index (χ3n) is 2.26. The molecule has 1 aromatic rings. The lowest BCUT2D eigenvalue weighted by Gasteiger charge is -2.19. The molecule has 0 bridgehead atoms. The number of ketones is 1. The Morgan fingerprint density at radius 2 is 1.87 bits per heavy atom. The molecule has 2 nitrogen and oxygen atoms in total. The molecule has 1 atom stereocenters. The molecule has 1 heterocycles. The Morgan fingerprint density at radius 1 is 1.20 bits per heavy atom. The molecule has 0 aromatic heterocycles. The third-order valence-corrected chi connectivity index (χ3v) is 2.26. The normalized spacial score (nSPS) is 20.1. The summed E-state index contributed by atoms with van der Waals surface area (Å²) >= 11 is 0. The van der Waals surface area contributed by atoms with E-state index >= 15 is 0 Å². The Labute approximate surface area is 85.6 Å². The van der Waals surface area contributed by atoms with Crippen LogP contribution in [-0.2, 0) is 4.79 Å². The highest BCUT2D eigenvalue weighted by Crippen LogP contribution is 2.21. The van der Waals surface area contributed by atoms with E-state index in [4.69, 9.17) is 0 Å². The van der Waals surface area contributed by atoms with Crippen LogP contribution in [0.1, 0.15) is 18.0 Å².